The average Bonchev–Trinajstić information content (AvgIpc) is 2.20. The van der Waals surface area contributed by atoms with E-state index in [0.29, 0.717) is 5.56 Å². The van der Waals surface area contributed by atoms with Crippen LogP contribution in [0.5, 0.6) is 0 Å². The molecule has 0 unspecified atom stereocenters. The van der Waals surface area contributed by atoms with Gasteiger partial charge >= 0.3 is 0 Å². The molecule has 0 saturated heterocycles. The maximum atomic E-state index is 13.2. The van der Waals surface area contributed by atoms with E-state index in [2.05, 4.69) is 11.1 Å². The lowest BCUT2D eigenvalue weighted by molar-refractivity contribution is 0.631. The number of hydrogen-bond acceptors (Lipinski definition) is 1. The molecule has 0 atom stereocenters. The van der Waals surface area contributed by atoms with Crippen molar-refractivity contribution in [3.63, 3.8) is 0 Å². The molecule has 0 fully saturated rings. The molecule has 0 aliphatic carbocycles. The maximum Gasteiger partial charge on any atom is 0.131 e. The van der Waals surface area contributed by atoms with Gasteiger partial charge in [-0.25, -0.2) is 4.39 Å². The molecule has 0 bridgehead atoms. The summed E-state index contributed by atoms with van der Waals surface area (Å²) in [6.07, 6.45) is 3.15. The van der Waals surface area contributed by atoms with Crippen LogP contribution in [-0.2, 0) is 0 Å². The fourth-order valence-electron chi connectivity index (χ4n) is 1.16. The summed E-state index contributed by atoms with van der Waals surface area (Å²) in [5.41, 5.74) is 1.29. The Morgan fingerprint density at radius 3 is 2.69 bits per heavy atom. The van der Waals surface area contributed by atoms with E-state index in [-0.39, 0.29) is 5.82 Å². The number of pyridine rings is 1. The Kier molecular flexibility index (Phi) is 2.04. The highest BCUT2D eigenvalue weighted by Crippen LogP contribution is 2.20. The Hall–Kier alpha value is -1.70. The topological polar surface area (TPSA) is 12.9 Å². The van der Waals surface area contributed by atoms with Crippen LogP contribution in [-0.4, -0.2) is 4.98 Å². The highest BCUT2D eigenvalue weighted by Gasteiger charge is 2.01. The second kappa shape index (κ2) is 3.35. The monoisotopic (exact) mass is 172 g/mol. The molecule has 1 aromatic heterocycles. The molecule has 0 aliphatic heterocycles. The molecule has 0 aliphatic rings. The van der Waals surface area contributed by atoms with Gasteiger partial charge < -0.3 is 0 Å². The van der Waals surface area contributed by atoms with Crippen LogP contribution in [0.4, 0.5) is 4.39 Å². The SMILES string of the molecule is Fc1ccccc1-c1[c]cncc1. The van der Waals surface area contributed by atoms with E-state index in [4.69, 9.17) is 0 Å². The number of rotatable bonds is 1. The van der Waals surface area contributed by atoms with Gasteiger partial charge in [0.05, 0.1) is 0 Å². The summed E-state index contributed by atoms with van der Waals surface area (Å²) in [4.78, 5) is 3.82. The van der Waals surface area contributed by atoms with Gasteiger partial charge in [0.15, 0.2) is 0 Å². The Bertz CT molecular complexity index is 398. The van der Waals surface area contributed by atoms with E-state index in [1.165, 1.54) is 12.3 Å². The van der Waals surface area contributed by atoms with Gasteiger partial charge in [0, 0.05) is 24.0 Å². The Balaban J connectivity index is 2.54. The van der Waals surface area contributed by atoms with Crippen LogP contribution >= 0.6 is 0 Å². The third kappa shape index (κ3) is 1.56. The van der Waals surface area contributed by atoms with Crippen LogP contribution in [0.15, 0.2) is 42.7 Å². The minimum atomic E-state index is -0.232. The molecule has 1 nitrogen and oxygen atoms in total. The molecule has 1 aromatic carbocycles. The zero-order chi connectivity index (χ0) is 9.10. The van der Waals surface area contributed by atoms with Gasteiger partial charge in [0.1, 0.15) is 5.82 Å². The maximum absolute atomic E-state index is 13.2. The molecule has 0 spiro atoms. The van der Waals surface area contributed by atoms with Crippen LogP contribution < -0.4 is 0 Å². The number of aromatic nitrogens is 1. The first kappa shape index (κ1) is 7.92. The van der Waals surface area contributed by atoms with E-state index < -0.39 is 0 Å². The average molecular weight is 172 g/mol. The first-order valence-electron chi connectivity index (χ1n) is 3.94. The molecular formula is C11H7FN. The highest BCUT2D eigenvalue weighted by atomic mass is 19.1. The molecule has 2 heteroatoms. The van der Waals surface area contributed by atoms with Gasteiger partial charge in [-0.15, -0.1) is 0 Å². The molecular weight excluding hydrogens is 165 g/mol. The minimum absolute atomic E-state index is 0.232. The highest BCUT2D eigenvalue weighted by molar-refractivity contribution is 5.62. The molecule has 13 heavy (non-hydrogen) atoms. The first-order chi connectivity index (χ1) is 6.38. The summed E-state index contributed by atoms with van der Waals surface area (Å²) in [7, 11) is 0. The zero-order valence-electron chi connectivity index (χ0n) is 6.87. The summed E-state index contributed by atoms with van der Waals surface area (Å²) in [6, 6.07) is 11.2. The molecule has 1 heterocycles. The third-order valence-electron chi connectivity index (χ3n) is 1.79. The lowest BCUT2D eigenvalue weighted by Gasteiger charge is -2.00. The predicted octanol–water partition coefficient (Wildman–Crippen LogP) is 2.69. The lowest BCUT2D eigenvalue weighted by atomic mass is 10.1. The number of halogens is 1. The third-order valence-corrected chi connectivity index (χ3v) is 1.79. The fourth-order valence-corrected chi connectivity index (χ4v) is 1.16. The molecule has 0 N–H and O–H groups in total. The van der Waals surface area contributed by atoms with Crippen molar-refractivity contribution in [1.82, 2.24) is 4.98 Å². The van der Waals surface area contributed by atoms with Crippen molar-refractivity contribution in [2.24, 2.45) is 0 Å². The minimum Gasteiger partial charge on any atom is -0.264 e. The number of nitrogens with zero attached hydrogens (tertiary/aromatic N) is 1. The van der Waals surface area contributed by atoms with E-state index in [9.17, 15) is 4.39 Å². The van der Waals surface area contributed by atoms with E-state index >= 15 is 0 Å². The van der Waals surface area contributed by atoms with E-state index in [1.54, 1.807) is 30.5 Å². The summed E-state index contributed by atoms with van der Waals surface area (Å²) in [6.45, 7) is 0. The van der Waals surface area contributed by atoms with Crippen LogP contribution in [0.25, 0.3) is 11.1 Å². The van der Waals surface area contributed by atoms with Gasteiger partial charge in [-0.05, 0) is 17.7 Å². The smallest absolute Gasteiger partial charge is 0.131 e. The van der Waals surface area contributed by atoms with Crippen molar-refractivity contribution < 1.29 is 4.39 Å². The number of hydrogen-bond donors (Lipinski definition) is 0. The summed E-state index contributed by atoms with van der Waals surface area (Å²) < 4.78 is 13.2. The molecule has 2 aromatic rings. The van der Waals surface area contributed by atoms with Gasteiger partial charge in [-0.1, -0.05) is 18.2 Å². The quantitative estimate of drug-likeness (QED) is 0.644. The summed E-state index contributed by atoms with van der Waals surface area (Å²) >= 11 is 0. The molecule has 0 saturated carbocycles. The Labute approximate surface area is 75.9 Å². The lowest BCUT2D eigenvalue weighted by Crippen LogP contribution is -1.83. The van der Waals surface area contributed by atoms with Crippen molar-refractivity contribution in [1.29, 1.82) is 0 Å². The predicted molar refractivity (Wildman–Crippen MR) is 48.5 cm³/mol. The van der Waals surface area contributed by atoms with E-state index in [0.717, 1.165) is 5.56 Å². The van der Waals surface area contributed by atoms with Crippen molar-refractivity contribution in [3.05, 3.63) is 54.6 Å². The van der Waals surface area contributed by atoms with Crippen LogP contribution in [0.1, 0.15) is 0 Å². The van der Waals surface area contributed by atoms with Crippen molar-refractivity contribution in [2.45, 2.75) is 0 Å². The van der Waals surface area contributed by atoms with Gasteiger partial charge in [0.2, 0.25) is 0 Å². The largest absolute Gasteiger partial charge is 0.264 e. The van der Waals surface area contributed by atoms with Gasteiger partial charge in [-0.3, -0.25) is 4.98 Å². The second-order valence-corrected chi connectivity index (χ2v) is 2.63. The summed E-state index contributed by atoms with van der Waals surface area (Å²) in [5, 5.41) is 0. The van der Waals surface area contributed by atoms with Crippen LogP contribution in [0, 0.1) is 11.9 Å². The van der Waals surface area contributed by atoms with Crippen molar-refractivity contribution >= 4 is 0 Å². The van der Waals surface area contributed by atoms with Crippen LogP contribution in [0.2, 0.25) is 0 Å². The zero-order valence-corrected chi connectivity index (χ0v) is 6.87. The summed E-state index contributed by atoms with van der Waals surface area (Å²) in [5.74, 6) is -0.232. The van der Waals surface area contributed by atoms with Crippen molar-refractivity contribution in [3.8, 4) is 11.1 Å². The molecule has 1 radical (unpaired) electrons. The standard InChI is InChI=1S/C11H7FN/c12-11-4-2-1-3-10(11)9-5-7-13-8-6-9/h1-5,7-8H. The Morgan fingerprint density at radius 1 is 1.15 bits per heavy atom. The number of benzene rings is 1. The van der Waals surface area contributed by atoms with Gasteiger partial charge in [0.25, 0.3) is 0 Å². The molecule has 63 valence electrons. The molecule has 0 amide bonds. The fraction of sp³-hybridized carbons (Fsp3) is 0. The normalized spacial score (nSPS) is 9.92. The van der Waals surface area contributed by atoms with Crippen LogP contribution in [0.3, 0.4) is 0 Å². The molecule has 2 rings (SSSR count). The van der Waals surface area contributed by atoms with Crippen molar-refractivity contribution in [2.75, 3.05) is 0 Å². The van der Waals surface area contributed by atoms with E-state index in [1.807, 2.05) is 0 Å². The van der Waals surface area contributed by atoms with Gasteiger partial charge in [-0.2, -0.15) is 0 Å². The second-order valence-electron chi connectivity index (χ2n) is 2.63. The Morgan fingerprint density at radius 2 is 2.00 bits per heavy atom. The first-order valence-corrected chi connectivity index (χ1v) is 3.94.